The highest BCUT2D eigenvalue weighted by Crippen LogP contribution is 2.35. The molecule has 3 aromatic carbocycles. The second-order valence-electron chi connectivity index (χ2n) is 12.8. The summed E-state index contributed by atoms with van der Waals surface area (Å²) in [6, 6.07) is 17.5. The number of nitrogens with zero attached hydrogens (tertiary/aromatic N) is 2. The topological polar surface area (TPSA) is 97.3 Å². The lowest BCUT2D eigenvalue weighted by Crippen LogP contribution is -2.32. The molecule has 5 rings (SSSR count). The summed E-state index contributed by atoms with van der Waals surface area (Å²) >= 11 is 0. The molecule has 0 bridgehead atoms. The average molecular weight is 688 g/mol. The zero-order valence-corrected chi connectivity index (χ0v) is 26.9. The van der Waals surface area contributed by atoms with Crippen molar-refractivity contribution in [3.8, 4) is 5.69 Å². The number of benzene rings is 3. The van der Waals surface area contributed by atoms with E-state index < -0.39 is 52.9 Å². The molecule has 1 heterocycles. The molecular formula is C35H35F6N5O3. The van der Waals surface area contributed by atoms with Gasteiger partial charge in [0.25, 0.3) is 5.91 Å². The molecule has 8 nitrogen and oxygen atoms in total. The molecule has 1 aliphatic rings. The van der Waals surface area contributed by atoms with Gasteiger partial charge in [-0.15, -0.1) is 0 Å². The quantitative estimate of drug-likeness (QED) is 0.146. The van der Waals surface area contributed by atoms with Gasteiger partial charge in [0.15, 0.2) is 5.69 Å². The van der Waals surface area contributed by atoms with Crippen LogP contribution >= 0.6 is 0 Å². The number of ether oxygens (including phenoxy) is 1. The number of carbonyl (C=O) groups excluding carboxylic acids is 2. The van der Waals surface area contributed by atoms with Crippen LogP contribution in [-0.2, 0) is 23.6 Å². The summed E-state index contributed by atoms with van der Waals surface area (Å²) in [5.41, 5.74) is -1.48. The maximum absolute atomic E-state index is 13.8. The summed E-state index contributed by atoms with van der Waals surface area (Å²) in [5.74, 6) is -0.495. The van der Waals surface area contributed by atoms with Gasteiger partial charge in [0, 0.05) is 18.3 Å². The van der Waals surface area contributed by atoms with E-state index in [4.69, 9.17) is 4.74 Å². The monoisotopic (exact) mass is 687 g/mol. The van der Waals surface area contributed by atoms with Crippen LogP contribution in [0.15, 0.2) is 78.9 Å². The van der Waals surface area contributed by atoms with Crippen molar-refractivity contribution in [2.24, 2.45) is 5.92 Å². The highest BCUT2D eigenvalue weighted by atomic mass is 19.4. The van der Waals surface area contributed by atoms with Crippen molar-refractivity contribution in [2.45, 2.75) is 64.2 Å². The normalized spacial score (nSPS) is 14.3. The number of aromatic nitrogens is 2. The van der Waals surface area contributed by atoms with Gasteiger partial charge in [-0.05, 0) is 99.2 Å². The Kier molecular flexibility index (Phi) is 10.1. The lowest BCUT2D eigenvalue weighted by Gasteiger charge is -2.22. The molecule has 0 saturated heterocycles. The van der Waals surface area contributed by atoms with Gasteiger partial charge in [-0.25, -0.2) is 9.48 Å². The van der Waals surface area contributed by atoms with Crippen molar-refractivity contribution in [1.29, 1.82) is 0 Å². The van der Waals surface area contributed by atoms with Crippen molar-refractivity contribution in [1.82, 2.24) is 20.4 Å². The van der Waals surface area contributed by atoms with Crippen LogP contribution in [0, 0.1) is 5.92 Å². The Hall–Kier alpha value is -4.85. The molecule has 0 spiro atoms. The Labute approximate surface area is 278 Å². The van der Waals surface area contributed by atoms with Crippen LogP contribution in [0.4, 0.5) is 36.8 Å². The first kappa shape index (κ1) is 35.5. The van der Waals surface area contributed by atoms with E-state index in [1.807, 2.05) is 0 Å². The lowest BCUT2D eigenvalue weighted by molar-refractivity contribution is -0.141. The number of anilines is 1. The van der Waals surface area contributed by atoms with Crippen molar-refractivity contribution < 1.29 is 40.7 Å². The SMILES string of the molecule is CC(C)(C)OC(=O)NCc1cccc(-n2nc(C(F)(F)F)cc2C(=O)Nc2cccc(C(NCC3CC3)c3cccc(C(F)(F)F)c3)c2)c1. The average Bonchev–Trinajstić information content (AvgIpc) is 3.72. The molecule has 3 N–H and O–H groups in total. The van der Waals surface area contributed by atoms with Crippen LogP contribution in [0.3, 0.4) is 0 Å². The van der Waals surface area contributed by atoms with Gasteiger partial charge in [-0.3, -0.25) is 4.79 Å². The fourth-order valence-corrected chi connectivity index (χ4v) is 5.09. The fourth-order valence-electron chi connectivity index (χ4n) is 5.09. The van der Waals surface area contributed by atoms with E-state index in [1.165, 1.54) is 24.3 Å². The Morgan fingerprint density at radius 2 is 1.55 bits per heavy atom. The van der Waals surface area contributed by atoms with Gasteiger partial charge in [0.2, 0.25) is 0 Å². The molecule has 4 aromatic rings. The minimum atomic E-state index is -4.86. The Morgan fingerprint density at radius 1 is 0.878 bits per heavy atom. The first-order valence-corrected chi connectivity index (χ1v) is 15.5. The Balaban J connectivity index is 1.42. The number of amides is 2. The summed E-state index contributed by atoms with van der Waals surface area (Å²) in [6.45, 7) is 5.67. The first-order chi connectivity index (χ1) is 23.0. The van der Waals surface area contributed by atoms with Crippen molar-refractivity contribution in [2.75, 3.05) is 11.9 Å². The van der Waals surface area contributed by atoms with Crippen LogP contribution in [0.25, 0.3) is 5.69 Å². The lowest BCUT2D eigenvalue weighted by atomic mass is 9.96. The smallest absolute Gasteiger partial charge is 0.435 e. The maximum Gasteiger partial charge on any atom is 0.435 e. The van der Waals surface area contributed by atoms with E-state index in [0.29, 0.717) is 35.2 Å². The molecular weight excluding hydrogens is 652 g/mol. The number of carbonyl (C=O) groups is 2. The van der Waals surface area contributed by atoms with Gasteiger partial charge in [-0.2, -0.15) is 31.4 Å². The minimum Gasteiger partial charge on any atom is -0.444 e. The van der Waals surface area contributed by atoms with Crippen molar-refractivity contribution in [3.05, 3.63) is 113 Å². The van der Waals surface area contributed by atoms with E-state index in [0.717, 1.165) is 29.7 Å². The molecule has 0 aliphatic heterocycles. The fraction of sp³-hybridized carbons (Fsp3) is 0.343. The molecule has 0 radical (unpaired) electrons. The number of hydrogen-bond donors (Lipinski definition) is 3. The summed E-state index contributed by atoms with van der Waals surface area (Å²) in [7, 11) is 0. The minimum absolute atomic E-state index is 0.00764. The second kappa shape index (κ2) is 13.9. The molecule has 2 amide bonds. The van der Waals surface area contributed by atoms with Crippen LogP contribution in [0.1, 0.15) is 78.1 Å². The van der Waals surface area contributed by atoms with Gasteiger partial charge in [-0.1, -0.05) is 36.4 Å². The number of alkyl carbamates (subject to hydrolysis) is 1. The summed E-state index contributed by atoms with van der Waals surface area (Å²) < 4.78 is 88.1. The molecule has 1 aliphatic carbocycles. The van der Waals surface area contributed by atoms with Crippen LogP contribution in [-0.4, -0.2) is 33.9 Å². The van der Waals surface area contributed by atoms with E-state index >= 15 is 0 Å². The Morgan fingerprint density at radius 3 is 2.20 bits per heavy atom. The number of rotatable bonds is 10. The number of alkyl halides is 6. The van der Waals surface area contributed by atoms with Crippen LogP contribution in [0.5, 0.6) is 0 Å². The predicted molar refractivity (Wildman–Crippen MR) is 170 cm³/mol. The summed E-state index contributed by atoms with van der Waals surface area (Å²) in [6.07, 6.45) is -8.07. The highest BCUT2D eigenvalue weighted by Gasteiger charge is 2.36. The van der Waals surface area contributed by atoms with Crippen molar-refractivity contribution in [3.63, 3.8) is 0 Å². The van der Waals surface area contributed by atoms with Crippen LogP contribution in [0.2, 0.25) is 0 Å². The third kappa shape index (κ3) is 9.62. The van der Waals surface area contributed by atoms with E-state index in [2.05, 4.69) is 21.0 Å². The Bertz CT molecular complexity index is 1810. The zero-order chi connectivity index (χ0) is 35.6. The number of nitrogens with one attached hydrogen (secondary N) is 3. The maximum atomic E-state index is 13.8. The van der Waals surface area contributed by atoms with Gasteiger partial charge in [0.05, 0.1) is 17.3 Å². The van der Waals surface area contributed by atoms with E-state index in [9.17, 15) is 35.9 Å². The molecule has 1 aromatic heterocycles. The van der Waals surface area contributed by atoms with E-state index in [1.54, 1.807) is 57.2 Å². The first-order valence-electron chi connectivity index (χ1n) is 15.5. The molecule has 1 saturated carbocycles. The van der Waals surface area contributed by atoms with Gasteiger partial charge < -0.3 is 20.7 Å². The number of halogens is 6. The van der Waals surface area contributed by atoms with Crippen LogP contribution < -0.4 is 16.0 Å². The molecule has 49 heavy (non-hydrogen) atoms. The predicted octanol–water partition coefficient (Wildman–Crippen LogP) is 8.28. The summed E-state index contributed by atoms with van der Waals surface area (Å²) in [4.78, 5) is 25.7. The molecule has 14 heteroatoms. The zero-order valence-electron chi connectivity index (χ0n) is 26.9. The molecule has 1 unspecified atom stereocenters. The second-order valence-corrected chi connectivity index (χ2v) is 12.8. The largest absolute Gasteiger partial charge is 0.444 e. The molecule has 1 fully saturated rings. The summed E-state index contributed by atoms with van der Waals surface area (Å²) in [5, 5.41) is 12.2. The van der Waals surface area contributed by atoms with Gasteiger partial charge >= 0.3 is 18.4 Å². The highest BCUT2D eigenvalue weighted by molar-refractivity contribution is 6.03. The molecule has 260 valence electrons. The number of hydrogen-bond acceptors (Lipinski definition) is 5. The third-order valence-corrected chi connectivity index (χ3v) is 7.56. The third-order valence-electron chi connectivity index (χ3n) is 7.56. The van der Waals surface area contributed by atoms with Crippen molar-refractivity contribution >= 4 is 17.7 Å². The molecule has 1 atom stereocenters. The van der Waals surface area contributed by atoms with E-state index in [-0.39, 0.29) is 17.9 Å². The van der Waals surface area contributed by atoms with Gasteiger partial charge in [0.1, 0.15) is 11.3 Å². The standard InChI is InChI=1S/C35H35F6N5O3/c1-33(2,3)49-32(48)43-20-22-7-4-12-27(15-22)46-28(18-29(45-46)35(39,40)41)31(47)44-26-11-6-9-24(17-26)30(42-19-21-13-14-21)23-8-5-10-25(16-23)34(36,37)38/h4-12,15-18,21,30,42H,13-14,19-20H2,1-3H3,(H,43,48)(H,44,47).